The van der Waals surface area contributed by atoms with Crippen LogP contribution in [0.5, 0.6) is 0 Å². The molecule has 0 aliphatic heterocycles. The summed E-state index contributed by atoms with van der Waals surface area (Å²) in [6.07, 6.45) is 4.60. The lowest BCUT2D eigenvalue weighted by Gasteiger charge is -2.11. The van der Waals surface area contributed by atoms with Gasteiger partial charge >= 0.3 is 0 Å². The number of nitrogens with zero attached hydrogens (tertiary/aromatic N) is 3. The van der Waals surface area contributed by atoms with Crippen molar-refractivity contribution in [3.05, 3.63) is 96.5 Å². The average Bonchev–Trinajstić information content (AvgIpc) is 2.77. The minimum absolute atomic E-state index is 0.127. The molecule has 4 rings (SSSR count). The van der Waals surface area contributed by atoms with E-state index in [4.69, 9.17) is 0 Å². The third-order valence-electron chi connectivity index (χ3n) is 4.20. The molecule has 5 nitrogen and oxygen atoms in total. The molecule has 0 saturated carbocycles. The summed E-state index contributed by atoms with van der Waals surface area (Å²) in [6.45, 7) is 0. The molecule has 4 aromatic rings. The van der Waals surface area contributed by atoms with Gasteiger partial charge in [0, 0.05) is 41.5 Å². The first-order valence-corrected chi connectivity index (χ1v) is 8.71. The number of halogens is 2. The summed E-state index contributed by atoms with van der Waals surface area (Å²) in [7, 11) is 0. The van der Waals surface area contributed by atoms with E-state index >= 15 is 0 Å². The van der Waals surface area contributed by atoms with Gasteiger partial charge in [-0.15, -0.1) is 0 Å². The molecule has 0 aliphatic carbocycles. The van der Waals surface area contributed by atoms with Crippen LogP contribution in [-0.2, 0) is 0 Å². The summed E-state index contributed by atoms with van der Waals surface area (Å²) in [5, 5.41) is 2.55. The van der Waals surface area contributed by atoms with E-state index < -0.39 is 17.5 Å². The second-order valence-electron chi connectivity index (χ2n) is 6.14. The Morgan fingerprint density at radius 2 is 1.62 bits per heavy atom. The van der Waals surface area contributed by atoms with Crippen molar-refractivity contribution < 1.29 is 13.6 Å². The molecule has 142 valence electrons. The number of carbonyl (C=O) groups is 1. The maximum Gasteiger partial charge on any atom is 0.259 e. The molecule has 0 unspecified atom stereocenters. The number of pyridine rings is 1. The standard InChI is InChI=1S/C22H14F2N4O/c23-18-7-6-16(12-19(18)24)27-22(29)17-13-26-21(15-4-2-1-3-5-15)28-20(17)14-8-10-25-11-9-14/h1-13H,(H,27,29). The van der Waals surface area contributed by atoms with Crippen LogP contribution in [0.3, 0.4) is 0 Å². The van der Waals surface area contributed by atoms with Gasteiger partial charge in [0.25, 0.3) is 5.91 Å². The quantitative estimate of drug-likeness (QED) is 0.549. The maximum atomic E-state index is 13.5. The molecular weight excluding hydrogens is 374 g/mol. The molecule has 2 aromatic heterocycles. The Hall–Kier alpha value is -4.00. The molecule has 7 heteroatoms. The van der Waals surface area contributed by atoms with E-state index in [9.17, 15) is 13.6 Å². The minimum atomic E-state index is -1.05. The van der Waals surface area contributed by atoms with Crippen LogP contribution in [0.15, 0.2) is 79.3 Å². The van der Waals surface area contributed by atoms with E-state index in [2.05, 4.69) is 20.3 Å². The lowest BCUT2D eigenvalue weighted by Crippen LogP contribution is -2.15. The zero-order valence-corrected chi connectivity index (χ0v) is 15.0. The number of hydrogen-bond donors (Lipinski definition) is 1. The summed E-state index contributed by atoms with van der Waals surface area (Å²) >= 11 is 0. The lowest BCUT2D eigenvalue weighted by molar-refractivity contribution is 0.102. The van der Waals surface area contributed by atoms with E-state index in [1.807, 2.05) is 30.3 Å². The van der Waals surface area contributed by atoms with Crippen molar-refractivity contribution in [1.29, 1.82) is 0 Å². The lowest BCUT2D eigenvalue weighted by atomic mass is 10.1. The highest BCUT2D eigenvalue weighted by molar-refractivity contribution is 6.08. The monoisotopic (exact) mass is 388 g/mol. The van der Waals surface area contributed by atoms with Gasteiger partial charge in [0.15, 0.2) is 17.5 Å². The summed E-state index contributed by atoms with van der Waals surface area (Å²) in [6, 6.07) is 16.0. The molecule has 2 heterocycles. The van der Waals surface area contributed by atoms with Crippen molar-refractivity contribution in [2.45, 2.75) is 0 Å². The van der Waals surface area contributed by atoms with Gasteiger partial charge in [-0.1, -0.05) is 30.3 Å². The van der Waals surface area contributed by atoms with E-state index in [-0.39, 0.29) is 11.3 Å². The maximum absolute atomic E-state index is 13.5. The summed E-state index contributed by atoms with van der Waals surface area (Å²) in [5.41, 5.74) is 2.20. The molecule has 0 spiro atoms. The Kier molecular flexibility index (Phi) is 5.03. The molecule has 0 radical (unpaired) electrons. The van der Waals surface area contributed by atoms with E-state index in [1.165, 1.54) is 12.3 Å². The van der Waals surface area contributed by atoms with E-state index in [0.717, 1.165) is 17.7 Å². The fourth-order valence-corrected chi connectivity index (χ4v) is 2.78. The number of anilines is 1. The highest BCUT2D eigenvalue weighted by atomic mass is 19.2. The van der Waals surface area contributed by atoms with Gasteiger partial charge in [0.05, 0.1) is 11.3 Å². The molecular formula is C22H14F2N4O. The first-order chi connectivity index (χ1) is 14.1. The number of hydrogen-bond acceptors (Lipinski definition) is 4. The second kappa shape index (κ2) is 7.93. The van der Waals surface area contributed by atoms with Crippen LogP contribution < -0.4 is 5.32 Å². The molecule has 2 aromatic carbocycles. The van der Waals surface area contributed by atoms with Crippen molar-refractivity contribution in [2.75, 3.05) is 5.32 Å². The Morgan fingerprint density at radius 1 is 0.862 bits per heavy atom. The third-order valence-corrected chi connectivity index (χ3v) is 4.20. The predicted octanol–water partition coefficient (Wildman–Crippen LogP) is 4.74. The van der Waals surface area contributed by atoms with Gasteiger partial charge in [-0.3, -0.25) is 9.78 Å². The number of benzene rings is 2. The summed E-state index contributed by atoms with van der Waals surface area (Å²) in [4.78, 5) is 25.7. The van der Waals surface area contributed by atoms with Crippen LogP contribution in [0.25, 0.3) is 22.6 Å². The van der Waals surface area contributed by atoms with Crippen LogP contribution in [0.4, 0.5) is 14.5 Å². The molecule has 0 saturated heterocycles. The number of nitrogens with one attached hydrogen (secondary N) is 1. The van der Waals surface area contributed by atoms with Crippen molar-refractivity contribution in [2.24, 2.45) is 0 Å². The number of amides is 1. The van der Waals surface area contributed by atoms with Crippen LogP contribution in [0, 0.1) is 11.6 Å². The van der Waals surface area contributed by atoms with Gasteiger partial charge < -0.3 is 5.32 Å². The topological polar surface area (TPSA) is 67.8 Å². The number of rotatable bonds is 4. The third kappa shape index (κ3) is 3.98. The first kappa shape index (κ1) is 18.4. The van der Waals surface area contributed by atoms with Gasteiger partial charge in [0.2, 0.25) is 0 Å². The number of carbonyl (C=O) groups excluding carboxylic acids is 1. The molecule has 1 N–H and O–H groups in total. The van der Waals surface area contributed by atoms with Crippen molar-refractivity contribution >= 4 is 11.6 Å². The fourth-order valence-electron chi connectivity index (χ4n) is 2.78. The normalized spacial score (nSPS) is 10.6. The Balaban J connectivity index is 1.75. The second-order valence-corrected chi connectivity index (χ2v) is 6.14. The Bertz CT molecular complexity index is 1170. The number of aromatic nitrogens is 3. The molecule has 0 atom stereocenters. The van der Waals surface area contributed by atoms with E-state index in [1.54, 1.807) is 24.5 Å². The first-order valence-electron chi connectivity index (χ1n) is 8.71. The molecule has 29 heavy (non-hydrogen) atoms. The highest BCUT2D eigenvalue weighted by Gasteiger charge is 2.18. The highest BCUT2D eigenvalue weighted by Crippen LogP contribution is 2.25. The van der Waals surface area contributed by atoms with Gasteiger partial charge in [0.1, 0.15) is 0 Å². The average molecular weight is 388 g/mol. The van der Waals surface area contributed by atoms with Crippen LogP contribution in [0.2, 0.25) is 0 Å². The fraction of sp³-hybridized carbons (Fsp3) is 0. The zero-order valence-electron chi connectivity index (χ0n) is 15.0. The van der Waals surface area contributed by atoms with Crippen molar-refractivity contribution in [1.82, 2.24) is 15.0 Å². The van der Waals surface area contributed by atoms with Crippen molar-refractivity contribution in [3.63, 3.8) is 0 Å². The summed E-state index contributed by atoms with van der Waals surface area (Å²) < 4.78 is 26.6. The van der Waals surface area contributed by atoms with Crippen molar-refractivity contribution in [3.8, 4) is 22.6 Å². The summed E-state index contributed by atoms with van der Waals surface area (Å²) in [5.74, 6) is -2.12. The van der Waals surface area contributed by atoms with E-state index in [0.29, 0.717) is 17.1 Å². The Morgan fingerprint density at radius 3 is 2.34 bits per heavy atom. The largest absolute Gasteiger partial charge is 0.322 e. The van der Waals surface area contributed by atoms with Gasteiger partial charge in [-0.25, -0.2) is 18.7 Å². The molecule has 0 aliphatic rings. The Labute approximate surface area is 165 Å². The van der Waals surface area contributed by atoms with Crippen LogP contribution in [0.1, 0.15) is 10.4 Å². The SMILES string of the molecule is O=C(Nc1ccc(F)c(F)c1)c1cnc(-c2ccccc2)nc1-c1ccncc1. The molecule has 0 fully saturated rings. The van der Waals surface area contributed by atoms with Gasteiger partial charge in [-0.2, -0.15) is 0 Å². The minimum Gasteiger partial charge on any atom is -0.322 e. The predicted molar refractivity (Wildman–Crippen MR) is 105 cm³/mol. The molecule has 1 amide bonds. The zero-order chi connectivity index (χ0) is 20.2. The van der Waals surface area contributed by atoms with Crippen LogP contribution in [-0.4, -0.2) is 20.9 Å². The van der Waals surface area contributed by atoms with Crippen LogP contribution >= 0.6 is 0 Å². The smallest absolute Gasteiger partial charge is 0.259 e. The molecule has 0 bridgehead atoms. The van der Waals surface area contributed by atoms with Gasteiger partial charge in [-0.05, 0) is 24.3 Å².